The summed E-state index contributed by atoms with van der Waals surface area (Å²) >= 11 is 0. The van der Waals surface area contributed by atoms with Gasteiger partial charge in [-0.15, -0.1) is 0 Å². The molecule has 0 saturated carbocycles. The van der Waals surface area contributed by atoms with E-state index in [2.05, 4.69) is 38.1 Å². The Kier molecular flexibility index (Phi) is 41.2. The number of carboxylic acid groups (broad SMARTS) is 2. The van der Waals surface area contributed by atoms with Crippen LogP contribution in [-0.2, 0) is 32.3 Å². The van der Waals surface area contributed by atoms with Gasteiger partial charge in [-0.25, -0.2) is 0 Å². The van der Waals surface area contributed by atoms with Crippen LogP contribution in [0.15, 0.2) is 60.7 Å². The SMILES string of the molecule is CCCC(CCC(O)CCCCCCCCCCC(=O)[O-])OCc1ccccc1.CCCC(CCC(O)CCCCCCCCCCC(=O)[O-])OCc1ccccc1.[Ba+2]. The smallest absolute Gasteiger partial charge is 0.550 e. The number of ether oxygens (including phenoxy) is 2. The van der Waals surface area contributed by atoms with Gasteiger partial charge >= 0.3 is 48.9 Å². The molecule has 9 heteroatoms. The van der Waals surface area contributed by atoms with Crippen molar-refractivity contribution in [2.75, 3.05) is 0 Å². The molecule has 0 aliphatic heterocycles. The van der Waals surface area contributed by atoms with Crippen LogP contribution < -0.4 is 10.2 Å². The Labute approximate surface area is 400 Å². The second-order valence-corrected chi connectivity index (χ2v) is 16.4. The number of aliphatic hydroxyl groups is 2. The Bertz CT molecular complexity index is 1110. The van der Waals surface area contributed by atoms with E-state index in [-0.39, 0.29) is 86.1 Å². The van der Waals surface area contributed by atoms with Gasteiger partial charge in [-0.1, -0.05) is 177 Å². The summed E-state index contributed by atoms with van der Waals surface area (Å²) in [5.41, 5.74) is 2.40. The largest absolute Gasteiger partial charge is 2.00 e. The van der Waals surface area contributed by atoms with Crippen LogP contribution in [0.1, 0.15) is 205 Å². The van der Waals surface area contributed by atoms with Gasteiger partial charge in [-0.2, -0.15) is 0 Å². The summed E-state index contributed by atoms with van der Waals surface area (Å²) in [7, 11) is 0. The molecule has 2 aromatic carbocycles. The van der Waals surface area contributed by atoms with Crippen LogP contribution in [0.5, 0.6) is 0 Å². The van der Waals surface area contributed by atoms with Gasteiger partial charge < -0.3 is 39.5 Å². The first-order valence-electron chi connectivity index (χ1n) is 23.3. The first kappa shape index (κ1) is 57.8. The van der Waals surface area contributed by atoms with Crippen LogP contribution >= 0.6 is 0 Å². The monoisotopic (exact) mass is 949 g/mol. The minimum Gasteiger partial charge on any atom is -0.550 e. The molecule has 0 aromatic heterocycles. The maximum atomic E-state index is 10.3. The van der Waals surface area contributed by atoms with Crippen LogP contribution in [-0.4, -0.2) is 95.4 Å². The van der Waals surface area contributed by atoms with E-state index in [0.29, 0.717) is 13.2 Å². The van der Waals surface area contributed by atoms with Crippen molar-refractivity contribution in [2.45, 2.75) is 231 Å². The fourth-order valence-corrected chi connectivity index (χ4v) is 7.31. The predicted molar refractivity (Wildman–Crippen MR) is 238 cm³/mol. The molecule has 0 fully saturated rings. The number of carbonyl (C=O) groups excluding carboxylic acids is 2. The molecule has 332 valence electrons. The molecule has 0 spiro atoms. The standard InChI is InChI=1S/2C25H42O4.Ba/c2*1-2-14-24(29-21-22-15-10-9-11-16-22)20-19-23(26)17-12-7-5-3-4-6-8-13-18-25(27)28;/h2*9-11,15-16,23-24,26H,2-8,12-14,17-21H2,1H3,(H,27,28);/q;;+2/p-2. The van der Waals surface area contributed by atoms with Crippen molar-refractivity contribution in [2.24, 2.45) is 0 Å². The average Bonchev–Trinajstić information content (AvgIpc) is 3.22. The van der Waals surface area contributed by atoms with Crippen molar-refractivity contribution in [1.82, 2.24) is 0 Å². The number of hydrogen-bond donors (Lipinski definition) is 2. The van der Waals surface area contributed by atoms with Gasteiger partial charge in [-0.05, 0) is 88.2 Å². The van der Waals surface area contributed by atoms with E-state index < -0.39 is 11.9 Å². The Morgan fingerprint density at radius 3 is 1.07 bits per heavy atom. The molecule has 0 aliphatic carbocycles. The van der Waals surface area contributed by atoms with E-state index in [1.165, 1.54) is 62.5 Å². The van der Waals surface area contributed by atoms with Gasteiger partial charge in [0.05, 0.1) is 37.6 Å². The number of carboxylic acids is 2. The van der Waals surface area contributed by atoms with Crippen molar-refractivity contribution < 1.29 is 39.5 Å². The number of aliphatic carboxylic acids is 2. The summed E-state index contributed by atoms with van der Waals surface area (Å²) in [5, 5.41) is 41.2. The Balaban J connectivity index is 0.00000112. The first-order chi connectivity index (χ1) is 28.2. The molecule has 2 aromatic rings. The number of carbonyl (C=O) groups is 2. The molecule has 59 heavy (non-hydrogen) atoms. The van der Waals surface area contributed by atoms with E-state index in [9.17, 15) is 30.0 Å². The number of benzene rings is 2. The Morgan fingerprint density at radius 2 is 0.763 bits per heavy atom. The third-order valence-corrected chi connectivity index (χ3v) is 10.9. The third kappa shape index (κ3) is 38.2. The summed E-state index contributed by atoms with van der Waals surface area (Å²) in [6, 6.07) is 20.5. The molecule has 0 bridgehead atoms. The summed E-state index contributed by atoms with van der Waals surface area (Å²) in [6.45, 7) is 5.65. The summed E-state index contributed by atoms with van der Waals surface area (Å²) < 4.78 is 12.2. The van der Waals surface area contributed by atoms with Gasteiger partial charge in [-0.3, -0.25) is 0 Å². The number of unbranched alkanes of at least 4 members (excludes halogenated alkanes) is 14. The first-order valence-corrected chi connectivity index (χ1v) is 23.3. The van der Waals surface area contributed by atoms with E-state index in [4.69, 9.17) is 9.47 Å². The summed E-state index contributed by atoms with van der Waals surface area (Å²) in [6.07, 6.45) is 27.2. The maximum absolute atomic E-state index is 10.3. The van der Waals surface area contributed by atoms with Crippen molar-refractivity contribution in [3.8, 4) is 0 Å². The molecule has 0 aliphatic rings. The fraction of sp³-hybridized carbons (Fsp3) is 0.720. The normalized spacial score (nSPS) is 13.1. The quantitative estimate of drug-likeness (QED) is 0.0501. The molecule has 4 atom stereocenters. The minimum atomic E-state index is -0.938. The van der Waals surface area contributed by atoms with Crippen LogP contribution in [0.2, 0.25) is 0 Å². The second-order valence-electron chi connectivity index (χ2n) is 16.4. The molecule has 0 saturated heterocycles. The number of hydrogen-bond acceptors (Lipinski definition) is 8. The zero-order valence-corrected chi connectivity index (χ0v) is 41.8. The Morgan fingerprint density at radius 1 is 0.458 bits per heavy atom. The fourth-order valence-electron chi connectivity index (χ4n) is 7.31. The summed E-state index contributed by atoms with van der Waals surface area (Å²) in [4.78, 5) is 20.7. The van der Waals surface area contributed by atoms with E-state index in [1.54, 1.807) is 0 Å². The van der Waals surface area contributed by atoms with Gasteiger partial charge in [0, 0.05) is 11.9 Å². The molecule has 0 amide bonds. The molecular weight excluding hydrogens is 866 g/mol. The molecule has 8 nitrogen and oxygen atoms in total. The van der Waals surface area contributed by atoms with Gasteiger partial charge in [0.2, 0.25) is 0 Å². The van der Waals surface area contributed by atoms with E-state index >= 15 is 0 Å². The van der Waals surface area contributed by atoms with Crippen LogP contribution in [0.3, 0.4) is 0 Å². The predicted octanol–water partition coefficient (Wildman–Crippen LogP) is 9.95. The van der Waals surface area contributed by atoms with E-state index in [0.717, 1.165) is 116 Å². The molecule has 2 rings (SSSR count). The van der Waals surface area contributed by atoms with Gasteiger partial charge in [0.15, 0.2) is 0 Å². The molecule has 4 unspecified atom stereocenters. The second kappa shape index (κ2) is 42.1. The number of rotatable bonds is 38. The van der Waals surface area contributed by atoms with Crippen LogP contribution in [0, 0.1) is 0 Å². The zero-order valence-electron chi connectivity index (χ0n) is 37.3. The van der Waals surface area contributed by atoms with Crippen molar-refractivity contribution in [3.05, 3.63) is 71.8 Å². The van der Waals surface area contributed by atoms with Crippen LogP contribution in [0.4, 0.5) is 0 Å². The third-order valence-electron chi connectivity index (χ3n) is 10.9. The molecular formula is C50H82BaO8. The van der Waals surface area contributed by atoms with Crippen molar-refractivity contribution in [1.29, 1.82) is 0 Å². The maximum Gasteiger partial charge on any atom is 2.00 e. The number of aliphatic hydroxyl groups excluding tert-OH is 2. The van der Waals surface area contributed by atoms with Gasteiger partial charge in [0.25, 0.3) is 0 Å². The molecule has 0 radical (unpaired) electrons. The summed E-state index contributed by atoms with van der Waals surface area (Å²) in [5.74, 6) is -1.88. The van der Waals surface area contributed by atoms with Crippen molar-refractivity contribution >= 4 is 60.8 Å². The van der Waals surface area contributed by atoms with Crippen molar-refractivity contribution in [3.63, 3.8) is 0 Å². The minimum absolute atomic E-state index is 0. The average molecular weight is 949 g/mol. The van der Waals surface area contributed by atoms with Gasteiger partial charge in [0.1, 0.15) is 0 Å². The Hall–Kier alpha value is -1.21. The van der Waals surface area contributed by atoms with E-state index in [1.807, 2.05) is 36.4 Å². The molecule has 2 N–H and O–H groups in total. The van der Waals surface area contributed by atoms with Crippen LogP contribution in [0.25, 0.3) is 0 Å². The zero-order chi connectivity index (χ0) is 42.3. The molecule has 0 heterocycles. The topological polar surface area (TPSA) is 139 Å².